The molecule has 0 fully saturated rings. The van der Waals surface area contributed by atoms with E-state index in [-0.39, 0.29) is 0 Å². The van der Waals surface area contributed by atoms with Gasteiger partial charge in [0.1, 0.15) is 5.65 Å². The van der Waals surface area contributed by atoms with E-state index in [0.29, 0.717) is 0 Å². The lowest BCUT2D eigenvalue weighted by Gasteiger charge is -1.95. The van der Waals surface area contributed by atoms with Crippen LogP contribution in [0, 0.1) is 0 Å². The van der Waals surface area contributed by atoms with Crippen LogP contribution in [0.4, 0.5) is 0 Å². The molecule has 0 aliphatic rings. The first-order valence-corrected chi connectivity index (χ1v) is 6.40. The molecule has 1 N–H and O–H groups in total. The second kappa shape index (κ2) is 3.87. The summed E-state index contributed by atoms with van der Waals surface area (Å²) in [4.78, 5) is 7.85. The number of rotatable bonds is 1. The molecule has 4 aromatic rings. The van der Waals surface area contributed by atoms with Crippen molar-refractivity contribution < 1.29 is 0 Å². The summed E-state index contributed by atoms with van der Waals surface area (Å²) in [5, 5.41) is 0.737. The van der Waals surface area contributed by atoms with E-state index in [9.17, 15) is 0 Å². The van der Waals surface area contributed by atoms with E-state index < -0.39 is 0 Å². The third-order valence-corrected chi connectivity index (χ3v) is 3.54. The smallest absolute Gasteiger partial charge is 0.138 e. The molecule has 0 aliphatic heterocycles. The van der Waals surface area contributed by atoms with Gasteiger partial charge in [-0.3, -0.25) is 4.40 Å². The van der Waals surface area contributed by atoms with Crippen molar-refractivity contribution in [3.63, 3.8) is 0 Å². The number of halogens is 1. The highest BCUT2D eigenvalue weighted by Gasteiger charge is 2.07. The fourth-order valence-corrected chi connectivity index (χ4v) is 2.47. The zero-order valence-electron chi connectivity index (χ0n) is 9.97. The van der Waals surface area contributed by atoms with Gasteiger partial charge in [-0.15, -0.1) is 0 Å². The monoisotopic (exact) mass is 267 g/mol. The number of benzene rings is 1. The van der Waals surface area contributed by atoms with Gasteiger partial charge in [-0.1, -0.05) is 23.7 Å². The lowest BCUT2D eigenvalue weighted by molar-refractivity contribution is 1.26. The highest BCUT2D eigenvalue weighted by molar-refractivity contribution is 6.30. The van der Waals surface area contributed by atoms with Gasteiger partial charge >= 0.3 is 0 Å². The zero-order chi connectivity index (χ0) is 12.8. The fourth-order valence-electron chi connectivity index (χ4n) is 2.34. The number of imidazole rings is 1. The molecule has 92 valence electrons. The van der Waals surface area contributed by atoms with Gasteiger partial charge in [-0.2, -0.15) is 0 Å². The first-order chi connectivity index (χ1) is 9.31. The first-order valence-electron chi connectivity index (χ1n) is 6.02. The summed E-state index contributed by atoms with van der Waals surface area (Å²) in [6.07, 6.45) is 3.99. The van der Waals surface area contributed by atoms with E-state index >= 15 is 0 Å². The molecule has 0 bridgehead atoms. The maximum atomic E-state index is 5.91. The number of hydrogen-bond acceptors (Lipinski definition) is 1. The Labute approximate surface area is 114 Å². The molecule has 0 radical (unpaired) electrons. The molecular formula is C15H10ClN3. The van der Waals surface area contributed by atoms with Crippen molar-refractivity contribution in [2.45, 2.75) is 0 Å². The number of pyridine rings is 1. The van der Waals surface area contributed by atoms with E-state index in [1.807, 2.05) is 42.6 Å². The van der Waals surface area contributed by atoms with E-state index in [1.54, 1.807) is 0 Å². The van der Waals surface area contributed by atoms with E-state index in [2.05, 4.69) is 26.6 Å². The minimum absolute atomic E-state index is 0.737. The van der Waals surface area contributed by atoms with Gasteiger partial charge in [0, 0.05) is 23.0 Å². The molecule has 3 heterocycles. The predicted molar refractivity (Wildman–Crippen MR) is 77.5 cm³/mol. The van der Waals surface area contributed by atoms with E-state index in [4.69, 9.17) is 11.6 Å². The molecule has 0 atom stereocenters. The van der Waals surface area contributed by atoms with Crippen LogP contribution < -0.4 is 0 Å². The van der Waals surface area contributed by atoms with Crippen LogP contribution in [0.2, 0.25) is 5.02 Å². The summed E-state index contributed by atoms with van der Waals surface area (Å²) in [7, 11) is 0. The minimum Gasteiger partial charge on any atom is -0.360 e. The Hall–Kier alpha value is -2.26. The van der Waals surface area contributed by atoms with Crippen molar-refractivity contribution in [3.8, 4) is 11.3 Å². The maximum Gasteiger partial charge on any atom is 0.138 e. The summed E-state index contributed by atoms with van der Waals surface area (Å²) in [5.74, 6) is 0. The van der Waals surface area contributed by atoms with Gasteiger partial charge in [-0.05, 0) is 30.3 Å². The molecule has 0 aliphatic carbocycles. The van der Waals surface area contributed by atoms with Gasteiger partial charge in [0.05, 0.1) is 16.7 Å². The Morgan fingerprint density at radius 2 is 1.84 bits per heavy atom. The molecule has 3 nitrogen and oxygen atoms in total. The highest BCUT2D eigenvalue weighted by atomic mass is 35.5. The van der Waals surface area contributed by atoms with Gasteiger partial charge in [0.25, 0.3) is 0 Å². The molecule has 4 rings (SSSR count). The van der Waals surface area contributed by atoms with Crippen molar-refractivity contribution in [3.05, 3.63) is 59.9 Å². The van der Waals surface area contributed by atoms with Crippen molar-refractivity contribution >= 4 is 28.3 Å². The topological polar surface area (TPSA) is 33.1 Å². The molecule has 19 heavy (non-hydrogen) atoms. The molecule has 0 saturated carbocycles. The predicted octanol–water partition coefficient (Wildman–Crippen LogP) is 4.14. The van der Waals surface area contributed by atoms with Crippen molar-refractivity contribution in [1.82, 2.24) is 14.4 Å². The molecule has 0 unspecified atom stereocenters. The average Bonchev–Trinajstić information content (AvgIpc) is 3.04. The maximum absolute atomic E-state index is 5.91. The summed E-state index contributed by atoms with van der Waals surface area (Å²) >= 11 is 5.91. The summed E-state index contributed by atoms with van der Waals surface area (Å²) in [6.45, 7) is 0. The fraction of sp³-hybridized carbons (Fsp3) is 0. The van der Waals surface area contributed by atoms with Crippen LogP contribution in [0.1, 0.15) is 0 Å². The van der Waals surface area contributed by atoms with E-state index in [1.165, 1.54) is 0 Å². The molecular weight excluding hydrogens is 258 g/mol. The Kier molecular flexibility index (Phi) is 2.17. The van der Waals surface area contributed by atoms with Gasteiger partial charge in [0.2, 0.25) is 0 Å². The minimum atomic E-state index is 0.737. The third kappa shape index (κ3) is 1.63. The lowest BCUT2D eigenvalue weighted by Crippen LogP contribution is -1.82. The standard InChI is InChI=1S/C15H10ClN3/c16-11-3-1-10(2-4-11)13-9-19-14-7-8-17-12(14)5-6-15(19)18-13/h1-9,17H. The molecule has 0 amide bonds. The molecule has 4 heteroatoms. The second-order valence-electron chi connectivity index (χ2n) is 4.47. The lowest BCUT2D eigenvalue weighted by atomic mass is 10.2. The quantitative estimate of drug-likeness (QED) is 0.552. The van der Waals surface area contributed by atoms with Gasteiger partial charge in [0.15, 0.2) is 0 Å². The Balaban J connectivity index is 1.98. The highest BCUT2D eigenvalue weighted by Crippen LogP contribution is 2.23. The molecule has 3 aromatic heterocycles. The normalized spacial score (nSPS) is 11.4. The zero-order valence-corrected chi connectivity index (χ0v) is 10.7. The van der Waals surface area contributed by atoms with Gasteiger partial charge in [-0.25, -0.2) is 4.98 Å². The van der Waals surface area contributed by atoms with E-state index in [0.717, 1.165) is 33.0 Å². The van der Waals surface area contributed by atoms with Crippen molar-refractivity contribution in [2.24, 2.45) is 0 Å². The Morgan fingerprint density at radius 3 is 2.68 bits per heavy atom. The molecule has 1 aromatic carbocycles. The van der Waals surface area contributed by atoms with Crippen LogP contribution in [0.25, 0.3) is 27.9 Å². The van der Waals surface area contributed by atoms with Crippen LogP contribution in [0.15, 0.2) is 54.9 Å². The number of aromatic amines is 1. The van der Waals surface area contributed by atoms with Crippen LogP contribution in [0.3, 0.4) is 0 Å². The second-order valence-corrected chi connectivity index (χ2v) is 4.91. The van der Waals surface area contributed by atoms with Crippen LogP contribution in [-0.4, -0.2) is 14.4 Å². The number of fused-ring (bicyclic) bond motifs is 3. The number of nitrogens with zero attached hydrogens (tertiary/aromatic N) is 2. The molecule has 0 spiro atoms. The summed E-state index contributed by atoms with van der Waals surface area (Å²) in [5.41, 5.74) is 5.19. The third-order valence-electron chi connectivity index (χ3n) is 3.29. The number of hydrogen-bond donors (Lipinski definition) is 1. The van der Waals surface area contributed by atoms with Crippen molar-refractivity contribution in [1.29, 1.82) is 0 Å². The average molecular weight is 268 g/mol. The summed E-state index contributed by atoms with van der Waals surface area (Å²) < 4.78 is 2.09. The Morgan fingerprint density at radius 1 is 1.00 bits per heavy atom. The largest absolute Gasteiger partial charge is 0.360 e. The number of aromatic nitrogens is 3. The van der Waals surface area contributed by atoms with Crippen molar-refractivity contribution in [2.75, 3.05) is 0 Å². The number of H-pyrrole nitrogens is 1. The van der Waals surface area contributed by atoms with Crippen LogP contribution in [-0.2, 0) is 0 Å². The van der Waals surface area contributed by atoms with Crippen LogP contribution in [0.5, 0.6) is 0 Å². The molecule has 0 saturated heterocycles. The first kappa shape index (κ1) is 10.6. The number of nitrogens with one attached hydrogen (secondary N) is 1. The van der Waals surface area contributed by atoms with Crippen LogP contribution >= 0.6 is 11.6 Å². The van der Waals surface area contributed by atoms with Gasteiger partial charge < -0.3 is 4.98 Å². The summed E-state index contributed by atoms with van der Waals surface area (Å²) in [6, 6.07) is 13.8. The SMILES string of the molecule is Clc1ccc(-c2cn3c(ccc4[nH]ccc43)n2)cc1. The Bertz CT molecular complexity index is 871.